The summed E-state index contributed by atoms with van der Waals surface area (Å²) in [6.07, 6.45) is 0.775. The average Bonchev–Trinajstić information content (AvgIpc) is 2.73. The largest absolute Gasteiger partial charge is 0.383 e. The van der Waals surface area contributed by atoms with Crippen LogP contribution in [0.15, 0.2) is 24.3 Å². The van der Waals surface area contributed by atoms with Crippen LogP contribution in [0.3, 0.4) is 0 Å². The number of hydrogen-bond donors (Lipinski definition) is 1. The van der Waals surface area contributed by atoms with E-state index in [1.165, 1.54) is 5.56 Å². The van der Waals surface area contributed by atoms with Crippen LogP contribution < -0.4 is 5.32 Å². The van der Waals surface area contributed by atoms with Gasteiger partial charge in [-0.2, -0.15) is 0 Å². The van der Waals surface area contributed by atoms with Gasteiger partial charge in [-0.1, -0.05) is 36.8 Å². The Kier molecular flexibility index (Phi) is 4.56. The molecule has 0 spiro atoms. The summed E-state index contributed by atoms with van der Waals surface area (Å²) in [7, 11) is 1.66. The molecular formula is C15H22N2O2. The number of ether oxygens (including phenoxy) is 1. The van der Waals surface area contributed by atoms with Crippen LogP contribution in [0.5, 0.6) is 0 Å². The minimum absolute atomic E-state index is 0.0347. The van der Waals surface area contributed by atoms with E-state index in [0.717, 1.165) is 12.0 Å². The van der Waals surface area contributed by atoms with E-state index in [4.69, 9.17) is 4.74 Å². The number of aryl methyl sites for hydroxylation is 1. The first kappa shape index (κ1) is 14.0. The molecule has 0 radical (unpaired) electrons. The Balaban J connectivity index is 2.23. The van der Waals surface area contributed by atoms with Crippen LogP contribution in [-0.4, -0.2) is 37.1 Å². The molecule has 4 heteroatoms. The second kappa shape index (κ2) is 6.17. The van der Waals surface area contributed by atoms with Crippen molar-refractivity contribution in [2.24, 2.45) is 0 Å². The van der Waals surface area contributed by atoms with Crippen LogP contribution in [0.4, 0.5) is 0 Å². The second-order valence-electron chi connectivity index (χ2n) is 4.97. The Hall–Kier alpha value is -1.39. The third kappa shape index (κ3) is 2.96. The van der Waals surface area contributed by atoms with Crippen LogP contribution in [0.2, 0.25) is 0 Å². The molecule has 1 saturated heterocycles. The Morgan fingerprint density at radius 2 is 2.21 bits per heavy atom. The molecule has 0 bridgehead atoms. The zero-order valence-corrected chi connectivity index (χ0v) is 11.8. The molecule has 1 aliphatic heterocycles. The Morgan fingerprint density at radius 1 is 1.42 bits per heavy atom. The van der Waals surface area contributed by atoms with E-state index in [2.05, 4.69) is 30.4 Å². The fourth-order valence-corrected chi connectivity index (χ4v) is 2.52. The van der Waals surface area contributed by atoms with Crippen LogP contribution >= 0.6 is 0 Å². The van der Waals surface area contributed by atoms with Crippen molar-refractivity contribution in [3.63, 3.8) is 0 Å². The van der Waals surface area contributed by atoms with Crippen molar-refractivity contribution in [1.29, 1.82) is 0 Å². The lowest BCUT2D eigenvalue weighted by Crippen LogP contribution is -2.33. The van der Waals surface area contributed by atoms with Gasteiger partial charge in [-0.3, -0.25) is 10.1 Å². The van der Waals surface area contributed by atoms with E-state index in [1.807, 2.05) is 17.9 Å². The molecule has 2 unspecified atom stereocenters. The molecular weight excluding hydrogens is 240 g/mol. The second-order valence-corrected chi connectivity index (χ2v) is 4.97. The van der Waals surface area contributed by atoms with Crippen molar-refractivity contribution in [2.75, 3.05) is 20.3 Å². The number of carbonyl (C=O) groups is 1. The van der Waals surface area contributed by atoms with Gasteiger partial charge in [0.25, 0.3) is 0 Å². The molecule has 1 fully saturated rings. The molecule has 0 aliphatic carbocycles. The SMILES string of the molecule is CCC1NC(c2cccc(C)c2)N(CCOC)C1=O. The molecule has 104 valence electrons. The number of benzene rings is 1. The molecule has 0 saturated carbocycles. The normalized spacial score (nSPS) is 23.1. The minimum atomic E-state index is -0.0811. The van der Waals surface area contributed by atoms with Crippen LogP contribution in [-0.2, 0) is 9.53 Å². The van der Waals surface area contributed by atoms with Gasteiger partial charge in [-0.25, -0.2) is 0 Å². The highest BCUT2D eigenvalue weighted by Gasteiger charge is 2.38. The summed E-state index contributed by atoms with van der Waals surface area (Å²) in [5.74, 6) is 0.172. The maximum Gasteiger partial charge on any atom is 0.241 e. The van der Waals surface area contributed by atoms with Crippen molar-refractivity contribution in [3.05, 3.63) is 35.4 Å². The summed E-state index contributed by atoms with van der Waals surface area (Å²) in [4.78, 5) is 14.2. The monoisotopic (exact) mass is 262 g/mol. The molecule has 19 heavy (non-hydrogen) atoms. The zero-order valence-electron chi connectivity index (χ0n) is 11.8. The lowest BCUT2D eigenvalue weighted by Gasteiger charge is -2.24. The highest BCUT2D eigenvalue weighted by molar-refractivity contribution is 5.84. The van der Waals surface area contributed by atoms with Crippen LogP contribution in [0, 0.1) is 6.92 Å². The van der Waals surface area contributed by atoms with Crippen molar-refractivity contribution in [3.8, 4) is 0 Å². The molecule has 1 N–H and O–H groups in total. The first-order valence-electron chi connectivity index (χ1n) is 6.79. The maximum absolute atomic E-state index is 12.3. The summed E-state index contributed by atoms with van der Waals surface area (Å²) >= 11 is 0. The summed E-state index contributed by atoms with van der Waals surface area (Å²) < 4.78 is 5.11. The molecule has 1 aromatic rings. The number of amides is 1. The predicted molar refractivity (Wildman–Crippen MR) is 74.7 cm³/mol. The highest BCUT2D eigenvalue weighted by Crippen LogP contribution is 2.26. The van der Waals surface area contributed by atoms with E-state index in [-0.39, 0.29) is 18.1 Å². The van der Waals surface area contributed by atoms with Gasteiger partial charge in [0.2, 0.25) is 5.91 Å². The molecule has 0 aromatic heterocycles. The fraction of sp³-hybridized carbons (Fsp3) is 0.533. The van der Waals surface area contributed by atoms with Gasteiger partial charge in [-0.15, -0.1) is 0 Å². The zero-order chi connectivity index (χ0) is 13.8. The number of carbonyl (C=O) groups excluding carboxylic acids is 1. The average molecular weight is 262 g/mol. The summed E-state index contributed by atoms with van der Waals surface area (Å²) in [6, 6.07) is 8.21. The molecule has 2 rings (SSSR count). The number of hydrogen-bond acceptors (Lipinski definition) is 3. The number of rotatable bonds is 5. The van der Waals surface area contributed by atoms with Crippen molar-refractivity contribution < 1.29 is 9.53 Å². The van der Waals surface area contributed by atoms with Gasteiger partial charge in [-0.05, 0) is 18.9 Å². The van der Waals surface area contributed by atoms with Gasteiger partial charge < -0.3 is 9.64 Å². The Labute approximate surface area is 114 Å². The van der Waals surface area contributed by atoms with E-state index in [0.29, 0.717) is 13.2 Å². The summed E-state index contributed by atoms with van der Waals surface area (Å²) in [6.45, 7) is 5.28. The highest BCUT2D eigenvalue weighted by atomic mass is 16.5. The molecule has 1 heterocycles. The van der Waals surface area contributed by atoms with Gasteiger partial charge in [0.05, 0.1) is 12.6 Å². The van der Waals surface area contributed by atoms with E-state index < -0.39 is 0 Å². The van der Waals surface area contributed by atoms with Crippen LogP contribution in [0.1, 0.15) is 30.6 Å². The first-order valence-corrected chi connectivity index (χ1v) is 6.79. The number of methoxy groups -OCH3 is 1. The molecule has 1 amide bonds. The third-order valence-corrected chi connectivity index (χ3v) is 3.55. The Bertz CT molecular complexity index is 448. The van der Waals surface area contributed by atoms with Gasteiger partial charge >= 0.3 is 0 Å². The lowest BCUT2D eigenvalue weighted by atomic mass is 10.1. The quantitative estimate of drug-likeness (QED) is 0.880. The fourth-order valence-electron chi connectivity index (χ4n) is 2.52. The molecule has 4 nitrogen and oxygen atoms in total. The topological polar surface area (TPSA) is 41.6 Å². The molecule has 2 atom stereocenters. The predicted octanol–water partition coefficient (Wildman–Crippen LogP) is 1.85. The smallest absolute Gasteiger partial charge is 0.241 e. The van der Waals surface area contributed by atoms with Crippen molar-refractivity contribution in [2.45, 2.75) is 32.5 Å². The van der Waals surface area contributed by atoms with Crippen molar-refractivity contribution >= 4 is 5.91 Å². The van der Waals surface area contributed by atoms with Crippen molar-refractivity contribution in [1.82, 2.24) is 10.2 Å². The summed E-state index contributed by atoms with van der Waals surface area (Å²) in [5, 5.41) is 3.41. The molecule has 1 aromatic carbocycles. The van der Waals surface area contributed by atoms with E-state index in [1.54, 1.807) is 7.11 Å². The maximum atomic E-state index is 12.3. The van der Waals surface area contributed by atoms with Crippen LogP contribution in [0.25, 0.3) is 0 Å². The van der Waals surface area contributed by atoms with E-state index in [9.17, 15) is 4.79 Å². The third-order valence-electron chi connectivity index (χ3n) is 3.55. The molecule has 1 aliphatic rings. The van der Waals surface area contributed by atoms with E-state index >= 15 is 0 Å². The number of nitrogens with zero attached hydrogens (tertiary/aromatic N) is 1. The standard InChI is InChI=1S/C15H22N2O2/c1-4-13-15(18)17(8-9-19-3)14(16-13)12-7-5-6-11(2)10-12/h5-7,10,13-14,16H,4,8-9H2,1-3H3. The van der Waals surface area contributed by atoms with Gasteiger partial charge in [0.1, 0.15) is 6.17 Å². The number of nitrogens with one attached hydrogen (secondary N) is 1. The Morgan fingerprint density at radius 3 is 2.84 bits per heavy atom. The van der Waals surface area contributed by atoms with Gasteiger partial charge in [0, 0.05) is 13.7 Å². The minimum Gasteiger partial charge on any atom is -0.383 e. The first-order chi connectivity index (χ1) is 9.17. The van der Waals surface area contributed by atoms with Gasteiger partial charge in [0.15, 0.2) is 0 Å². The summed E-state index contributed by atoms with van der Waals surface area (Å²) in [5.41, 5.74) is 2.35. The lowest BCUT2D eigenvalue weighted by molar-refractivity contribution is -0.130.